The van der Waals surface area contributed by atoms with Gasteiger partial charge in [-0.2, -0.15) is 0 Å². The van der Waals surface area contributed by atoms with Crippen LogP contribution in [0.4, 0.5) is 0 Å². The predicted molar refractivity (Wildman–Crippen MR) is 63.3 cm³/mol. The minimum Gasteiger partial charge on any atom is -0.493 e. The zero-order chi connectivity index (χ0) is 12.0. The first kappa shape index (κ1) is 12.6. The zero-order valence-electron chi connectivity index (χ0n) is 10.0. The highest BCUT2D eigenvalue weighted by atomic mass is 16.5. The molecule has 1 aromatic carbocycles. The molecule has 16 heavy (non-hydrogen) atoms. The Kier molecular flexibility index (Phi) is 4.92. The Morgan fingerprint density at radius 1 is 1.19 bits per heavy atom. The maximum atomic E-state index is 5.65. The van der Waals surface area contributed by atoms with Crippen molar-refractivity contribution in [3.05, 3.63) is 18.2 Å². The van der Waals surface area contributed by atoms with E-state index < -0.39 is 0 Å². The summed E-state index contributed by atoms with van der Waals surface area (Å²) in [6.45, 7) is 2.52. The van der Waals surface area contributed by atoms with Gasteiger partial charge in [0.1, 0.15) is 0 Å². The van der Waals surface area contributed by atoms with Crippen molar-refractivity contribution in [1.29, 1.82) is 0 Å². The molecule has 4 heteroatoms. The first-order valence-corrected chi connectivity index (χ1v) is 5.28. The van der Waals surface area contributed by atoms with Crippen LogP contribution in [0.25, 0.3) is 0 Å². The van der Waals surface area contributed by atoms with Crippen molar-refractivity contribution in [2.24, 2.45) is 5.73 Å². The van der Waals surface area contributed by atoms with Crippen LogP contribution in [-0.4, -0.2) is 26.9 Å². The van der Waals surface area contributed by atoms with Crippen LogP contribution < -0.4 is 19.9 Å². The molecule has 90 valence electrons. The molecule has 2 N–H and O–H groups in total. The lowest BCUT2D eigenvalue weighted by atomic mass is 10.2. The smallest absolute Gasteiger partial charge is 0.203 e. The van der Waals surface area contributed by atoms with Gasteiger partial charge in [0.05, 0.1) is 20.8 Å². The minimum absolute atomic E-state index is 0.136. The van der Waals surface area contributed by atoms with Crippen LogP contribution in [0.5, 0.6) is 17.2 Å². The number of benzene rings is 1. The van der Waals surface area contributed by atoms with Crippen LogP contribution in [-0.2, 0) is 0 Å². The molecule has 1 unspecified atom stereocenters. The van der Waals surface area contributed by atoms with Crippen molar-refractivity contribution in [2.45, 2.75) is 19.4 Å². The maximum Gasteiger partial charge on any atom is 0.203 e. The summed E-state index contributed by atoms with van der Waals surface area (Å²) < 4.78 is 16.0. The van der Waals surface area contributed by atoms with Crippen LogP contribution in [0.1, 0.15) is 13.3 Å². The van der Waals surface area contributed by atoms with Crippen LogP contribution in [0.15, 0.2) is 18.2 Å². The van der Waals surface area contributed by atoms with Crippen molar-refractivity contribution in [3.8, 4) is 17.2 Å². The van der Waals surface area contributed by atoms with Gasteiger partial charge in [-0.1, -0.05) is 6.07 Å². The molecule has 0 saturated carbocycles. The summed E-state index contributed by atoms with van der Waals surface area (Å²) in [6, 6.07) is 5.68. The fourth-order valence-corrected chi connectivity index (χ4v) is 1.33. The fourth-order valence-electron chi connectivity index (χ4n) is 1.33. The van der Waals surface area contributed by atoms with E-state index in [1.807, 2.05) is 25.1 Å². The second kappa shape index (κ2) is 6.23. The molecule has 1 atom stereocenters. The molecule has 0 heterocycles. The molecular formula is C12H19NO3. The molecule has 1 rings (SSSR count). The highest BCUT2D eigenvalue weighted by Crippen LogP contribution is 2.36. The van der Waals surface area contributed by atoms with Gasteiger partial charge in [-0.25, -0.2) is 0 Å². The lowest BCUT2D eigenvalue weighted by Crippen LogP contribution is -2.18. The summed E-state index contributed by atoms with van der Waals surface area (Å²) in [6.07, 6.45) is 0.806. The van der Waals surface area contributed by atoms with E-state index in [0.717, 1.165) is 6.42 Å². The molecule has 0 amide bonds. The second-order valence-corrected chi connectivity index (χ2v) is 3.61. The Bertz CT molecular complexity index is 326. The molecule has 0 bridgehead atoms. The van der Waals surface area contributed by atoms with Crippen molar-refractivity contribution in [1.82, 2.24) is 0 Å². The average molecular weight is 225 g/mol. The van der Waals surface area contributed by atoms with Gasteiger partial charge < -0.3 is 19.9 Å². The van der Waals surface area contributed by atoms with E-state index in [0.29, 0.717) is 23.9 Å². The zero-order valence-corrected chi connectivity index (χ0v) is 10.0. The number of ether oxygens (including phenoxy) is 3. The first-order chi connectivity index (χ1) is 7.69. The van der Waals surface area contributed by atoms with Crippen molar-refractivity contribution in [3.63, 3.8) is 0 Å². The van der Waals surface area contributed by atoms with Gasteiger partial charge in [-0.3, -0.25) is 0 Å². The Labute approximate surface area is 96.3 Å². The summed E-state index contributed by atoms with van der Waals surface area (Å²) in [4.78, 5) is 0. The molecule has 1 aromatic rings. The molecule has 0 saturated heterocycles. The van der Waals surface area contributed by atoms with Crippen molar-refractivity contribution >= 4 is 0 Å². The van der Waals surface area contributed by atoms with E-state index in [-0.39, 0.29) is 6.04 Å². The fraction of sp³-hybridized carbons (Fsp3) is 0.500. The third kappa shape index (κ3) is 3.31. The van der Waals surface area contributed by atoms with E-state index in [9.17, 15) is 0 Å². The second-order valence-electron chi connectivity index (χ2n) is 3.61. The highest BCUT2D eigenvalue weighted by molar-refractivity contribution is 5.50. The molecule has 0 aliphatic heterocycles. The Hall–Kier alpha value is -1.42. The number of hydrogen-bond acceptors (Lipinski definition) is 4. The van der Waals surface area contributed by atoms with Gasteiger partial charge in [-0.05, 0) is 25.5 Å². The summed E-state index contributed by atoms with van der Waals surface area (Å²) in [5.74, 6) is 1.97. The Morgan fingerprint density at radius 3 is 2.44 bits per heavy atom. The molecule has 0 radical (unpaired) electrons. The van der Waals surface area contributed by atoms with E-state index in [2.05, 4.69) is 0 Å². The number of rotatable bonds is 6. The molecule has 0 aromatic heterocycles. The maximum absolute atomic E-state index is 5.65. The van der Waals surface area contributed by atoms with Gasteiger partial charge in [0.25, 0.3) is 0 Å². The summed E-state index contributed by atoms with van der Waals surface area (Å²) >= 11 is 0. The normalized spacial score (nSPS) is 12.0. The molecule has 4 nitrogen and oxygen atoms in total. The number of para-hydroxylation sites is 1. The van der Waals surface area contributed by atoms with E-state index in [1.165, 1.54) is 0 Å². The lowest BCUT2D eigenvalue weighted by Gasteiger charge is -2.14. The first-order valence-electron chi connectivity index (χ1n) is 5.28. The lowest BCUT2D eigenvalue weighted by molar-refractivity contribution is 0.274. The monoisotopic (exact) mass is 225 g/mol. The Balaban J connectivity index is 2.71. The van der Waals surface area contributed by atoms with Crippen LogP contribution in [0.3, 0.4) is 0 Å². The van der Waals surface area contributed by atoms with E-state index >= 15 is 0 Å². The van der Waals surface area contributed by atoms with Gasteiger partial charge in [0.15, 0.2) is 11.5 Å². The minimum atomic E-state index is 0.136. The van der Waals surface area contributed by atoms with Crippen molar-refractivity contribution in [2.75, 3.05) is 20.8 Å². The highest BCUT2D eigenvalue weighted by Gasteiger charge is 2.10. The SMILES string of the molecule is COc1cccc(OCCC(C)N)c1OC. The van der Waals surface area contributed by atoms with Gasteiger partial charge in [0.2, 0.25) is 5.75 Å². The van der Waals surface area contributed by atoms with Crippen LogP contribution in [0, 0.1) is 0 Å². The van der Waals surface area contributed by atoms with Gasteiger partial charge >= 0.3 is 0 Å². The van der Waals surface area contributed by atoms with Gasteiger partial charge in [-0.15, -0.1) is 0 Å². The number of hydrogen-bond donors (Lipinski definition) is 1. The summed E-state index contributed by atoms with van der Waals surface area (Å²) in [5.41, 5.74) is 5.65. The van der Waals surface area contributed by atoms with E-state index in [1.54, 1.807) is 14.2 Å². The largest absolute Gasteiger partial charge is 0.493 e. The Morgan fingerprint density at radius 2 is 1.88 bits per heavy atom. The van der Waals surface area contributed by atoms with Crippen molar-refractivity contribution < 1.29 is 14.2 Å². The third-order valence-electron chi connectivity index (χ3n) is 2.20. The number of methoxy groups -OCH3 is 2. The third-order valence-corrected chi connectivity index (χ3v) is 2.20. The predicted octanol–water partition coefficient (Wildman–Crippen LogP) is 1.82. The molecule has 0 aliphatic carbocycles. The van der Waals surface area contributed by atoms with E-state index in [4.69, 9.17) is 19.9 Å². The molecular weight excluding hydrogens is 206 g/mol. The number of nitrogens with two attached hydrogens (primary N) is 1. The topological polar surface area (TPSA) is 53.7 Å². The molecule has 0 aliphatic rings. The molecule has 0 fully saturated rings. The van der Waals surface area contributed by atoms with Crippen LogP contribution in [0.2, 0.25) is 0 Å². The molecule has 0 spiro atoms. The van der Waals surface area contributed by atoms with Gasteiger partial charge in [0, 0.05) is 6.04 Å². The standard InChI is InChI=1S/C12H19NO3/c1-9(13)7-8-16-11-6-4-5-10(14-2)12(11)15-3/h4-6,9H,7-8,13H2,1-3H3. The summed E-state index contributed by atoms with van der Waals surface area (Å²) in [5, 5.41) is 0. The quantitative estimate of drug-likeness (QED) is 0.802. The summed E-state index contributed by atoms with van der Waals surface area (Å²) in [7, 11) is 3.19. The van der Waals surface area contributed by atoms with Crippen LogP contribution >= 0.6 is 0 Å². The average Bonchev–Trinajstić information content (AvgIpc) is 2.28.